The van der Waals surface area contributed by atoms with E-state index in [0.717, 1.165) is 0 Å². The van der Waals surface area contributed by atoms with Gasteiger partial charge in [0.05, 0.1) is 0 Å². The number of rotatable bonds is 0. The van der Waals surface area contributed by atoms with E-state index >= 15 is 0 Å². The van der Waals surface area contributed by atoms with E-state index in [9.17, 15) is 0 Å². The van der Waals surface area contributed by atoms with Crippen molar-refractivity contribution >= 4 is 33.1 Å². The zero-order valence-electron chi connectivity index (χ0n) is 5.07. The van der Waals surface area contributed by atoms with Crippen LogP contribution in [0, 0.1) is 0 Å². The molecule has 4 nitrogen and oxygen atoms in total. The van der Waals surface area contributed by atoms with Crippen molar-refractivity contribution in [1.82, 2.24) is 5.32 Å². The van der Waals surface area contributed by atoms with Gasteiger partial charge in [-0.3, -0.25) is 9.79 Å². The zero-order valence-corrected chi connectivity index (χ0v) is 7.59. The van der Waals surface area contributed by atoms with Gasteiger partial charge < -0.3 is 5.32 Å². The minimum atomic E-state index is -2.87. The second-order valence-corrected chi connectivity index (χ2v) is 1.26. The summed E-state index contributed by atoms with van der Waals surface area (Å²) in [7, 11) is 0.880. The highest BCUT2D eigenvalue weighted by atomic mass is 35.5. The quantitative estimate of drug-likeness (QED) is 0.491. The predicted molar refractivity (Wildman–Crippen MR) is 41.5 cm³/mol. The van der Waals surface area contributed by atoms with E-state index in [0.29, 0.717) is 0 Å². The summed E-state index contributed by atoms with van der Waals surface area (Å²) in [6.45, 7) is 0. The van der Waals surface area contributed by atoms with Gasteiger partial charge in [-0.05, 0) is 14.1 Å². The van der Waals surface area contributed by atoms with Gasteiger partial charge in [0.2, 0.25) is 0 Å². The van der Waals surface area contributed by atoms with Crippen molar-refractivity contribution in [2.24, 2.45) is 0 Å². The largest absolute Gasteiger partial charge is 0.363 e. The minimum absolute atomic E-state index is 0. The maximum absolute atomic E-state index is 8.70. The van der Waals surface area contributed by atoms with Gasteiger partial charge in [0.15, 0.2) is 0 Å². The van der Waals surface area contributed by atoms with Crippen LogP contribution in [-0.4, -0.2) is 23.9 Å². The second-order valence-electron chi connectivity index (χ2n) is 0.753. The van der Waals surface area contributed by atoms with Crippen LogP contribution in [0.4, 0.5) is 0 Å². The molecule has 0 spiro atoms. The van der Waals surface area contributed by atoms with Gasteiger partial charge in [-0.1, -0.05) is 0 Å². The van der Waals surface area contributed by atoms with Gasteiger partial charge in [-0.15, -0.1) is 24.8 Å². The molecule has 0 aliphatic carbocycles. The van der Waals surface area contributed by atoms with Gasteiger partial charge in [0.25, 0.3) is 0 Å². The molecule has 0 saturated heterocycles. The third-order valence-corrected chi connectivity index (χ3v) is 0. The molecule has 9 heavy (non-hydrogen) atoms. The van der Waals surface area contributed by atoms with E-state index in [1.165, 1.54) is 0 Å². The van der Waals surface area contributed by atoms with Crippen molar-refractivity contribution in [2.75, 3.05) is 14.1 Å². The SMILES string of the molecule is CNC.Cl.Cl.O=[P](O)O. The fraction of sp³-hybridized carbons (Fsp3) is 1.00. The van der Waals surface area contributed by atoms with Gasteiger partial charge >= 0.3 is 8.25 Å². The molecule has 0 amide bonds. The third kappa shape index (κ3) is 1170. The molecule has 61 valence electrons. The van der Waals surface area contributed by atoms with Gasteiger partial charge in [-0.2, -0.15) is 0 Å². The summed E-state index contributed by atoms with van der Waals surface area (Å²) in [6, 6.07) is 0. The van der Waals surface area contributed by atoms with E-state index in [2.05, 4.69) is 5.32 Å². The number of nitrogens with one attached hydrogen (secondary N) is 1. The van der Waals surface area contributed by atoms with E-state index < -0.39 is 8.25 Å². The Bertz CT molecular complexity index is 51.1. The molecule has 0 rings (SSSR count). The minimum Gasteiger partial charge on any atom is -0.323 e. The number of halogens is 2. The van der Waals surface area contributed by atoms with Gasteiger partial charge in [-0.25, -0.2) is 4.57 Å². The Hall–Kier alpha value is 0.560. The van der Waals surface area contributed by atoms with Crippen LogP contribution < -0.4 is 5.32 Å². The lowest BCUT2D eigenvalue weighted by Crippen LogP contribution is -1.89. The summed E-state index contributed by atoms with van der Waals surface area (Å²) in [6.07, 6.45) is 0. The highest BCUT2D eigenvalue weighted by Gasteiger charge is 1.65. The highest BCUT2D eigenvalue weighted by Crippen LogP contribution is 1.98. The first-order valence-corrected chi connectivity index (χ1v) is 2.75. The predicted octanol–water partition coefficient (Wildman–Crippen LogP) is 0.308. The van der Waals surface area contributed by atoms with Crippen LogP contribution in [0.1, 0.15) is 0 Å². The molecule has 7 heteroatoms. The van der Waals surface area contributed by atoms with Crippen molar-refractivity contribution in [3.63, 3.8) is 0 Å². The Balaban J connectivity index is -0.0000000233. The molecule has 0 fully saturated rings. The van der Waals surface area contributed by atoms with Crippen molar-refractivity contribution in [2.45, 2.75) is 0 Å². The van der Waals surface area contributed by atoms with E-state index in [1.54, 1.807) is 0 Å². The molecule has 1 radical (unpaired) electrons. The zero-order chi connectivity index (χ0) is 6.28. The lowest BCUT2D eigenvalue weighted by molar-refractivity contribution is 0.405. The fourth-order valence-electron chi connectivity index (χ4n) is 0. The molecular formula is C2H11Cl2NO3P. The average Bonchev–Trinajstić information content (AvgIpc) is 1.33. The Kier molecular flexibility index (Phi) is 59.2. The van der Waals surface area contributed by atoms with E-state index in [4.69, 9.17) is 14.4 Å². The molecular weight excluding hydrogens is 188 g/mol. The Morgan fingerprint density at radius 2 is 1.22 bits per heavy atom. The standard InChI is InChI=1S/C2H7N.2ClH.H2O3P/c1-3-2;;;1-4(2)3/h3H,1-2H3;2*1H;(H2,1,2,3). The molecule has 0 heterocycles. The number of hydrogen-bond acceptors (Lipinski definition) is 2. The molecule has 0 aromatic rings. The molecule has 0 aliphatic rings. The first kappa shape index (κ1) is 22.7. The monoisotopic (exact) mass is 198 g/mol. The van der Waals surface area contributed by atoms with Crippen LogP contribution in [0.2, 0.25) is 0 Å². The van der Waals surface area contributed by atoms with Crippen LogP contribution >= 0.6 is 33.1 Å². The summed E-state index contributed by atoms with van der Waals surface area (Å²) in [5.74, 6) is 0. The lowest BCUT2D eigenvalue weighted by atomic mass is 11.3. The van der Waals surface area contributed by atoms with Crippen LogP contribution in [0.5, 0.6) is 0 Å². The van der Waals surface area contributed by atoms with Gasteiger partial charge in [0, 0.05) is 0 Å². The van der Waals surface area contributed by atoms with Crippen LogP contribution in [-0.2, 0) is 4.57 Å². The molecule has 0 aromatic heterocycles. The summed E-state index contributed by atoms with van der Waals surface area (Å²) in [4.78, 5) is 14.2. The molecule has 0 unspecified atom stereocenters. The normalized spacial score (nSPS) is 4.89. The summed E-state index contributed by atoms with van der Waals surface area (Å²) in [5.41, 5.74) is 0. The molecule has 0 aliphatic heterocycles. The highest BCUT2D eigenvalue weighted by molar-refractivity contribution is 7.30. The number of hydrogen-bond donors (Lipinski definition) is 3. The Labute approximate surface area is 67.4 Å². The first-order valence-electron chi connectivity index (χ1n) is 1.58. The molecule has 3 N–H and O–H groups in total. The van der Waals surface area contributed by atoms with Crippen molar-refractivity contribution in [3.05, 3.63) is 0 Å². The Morgan fingerprint density at radius 3 is 1.22 bits per heavy atom. The topological polar surface area (TPSA) is 69.6 Å². The van der Waals surface area contributed by atoms with Gasteiger partial charge in [0.1, 0.15) is 0 Å². The third-order valence-electron chi connectivity index (χ3n) is 0. The molecule has 0 atom stereocenters. The lowest BCUT2D eigenvalue weighted by Gasteiger charge is -1.59. The van der Waals surface area contributed by atoms with E-state index in [1.807, 2.05) is 14.1 Å². The molecule has 0 saturated carbocycles. The molecule has 0 aromatic carbocycles. The fourth-order valence-corrected chi connectivity index (χ4v) is 0. The summed E-state index contributed by atoms with van der Waals surface area (Å²) < 4.78 is 8.70. The van der Waals surface area contributed by atoms with Crippen molar-refractivity contribution in [3.8, 4) is 0 Å². The smallest absolute Gasteiger partial charge is 0.323 e. The van der Waals surface area contributed by atoms with Crippen molar-refractivity contribution < 1.29 is 14.4 Å². The molecule has 0 bridgehead atoms. The van der Waals surface area contributed by atoms with Crippen LogP contribution in [0.3, 0.4) is 0 Å². The average molecular weight is 199 g/mol. The van der Waals surface area contributed by atoms with Crippen molar-refractivity contribution in [1.29, 1.82) is 0 Å². The maximum Gasteiger partial charge on any atom is 0.363 e. The first-order chi connectivity index (χ1) is 3.15. The van der Waals surface area contributed by atoms with Crippen LogP contribution in [0.25, 0.3) is 0 Å². The van der Waals surface area contributed by atoms with E-state index in [-0.39, 0.29) is 24.8 Å². The second kappa shape index (κ2) is 23.5. The summed E-state index contributed by atoms with van der Waals surface area (Å²) in [5, 5.41) is 2.75. The maximum atomic E-state index is 8.70. The summed E-state index contributed by atoms with van der Waals surface area (Å²) >= 11 is 0. The Morgan fingerprint density at radius 1 is 1.22 bits per heavy atom. The van der Waals surface area contributed by atoms with Crippen LogP contribution in [0.15, 0.2) is 0 Å².